The topological polar surface area (TPSA) is 26.0 Å². The van der Waals surface area contributed by atoms with E-state index < -0.39 is 11.7 Å². The van der Waals surface area contributed by atoms with Gasteiger partial charge in [-0.25, -0.2) is 0 Å². The fraction of sp³-hybridized carbons (Fsp3) is 0.139. The lowest BCUT2D eigenvalue weighted by Crippen LogP contribution is -2.12. The monoisotopic (exact) mass is 545 g/mol. The Labute approximate surface area is 235 Å². The molecule has 7 rings (SSSR count). The number of para-hydroxylation sites is 1. The van der Waals surface area contributed by atoms with Crippen molar-refractivity contribution >= 4 is 43.5 Å². The Morgan fingerprint density at radius 3 is 2.15 bits per heavy atom. The van der Waals surface area contributed by atoms with E-state index >= 15 is 0 Å². The van der Waals surface area contributed by atoms with Crippen molar-refractivity contribution in [3.8, 4) is 22.4 Å². The first-order valence-corrected chi connectivity index (χ1v) is 13.5. The summed E-state index contributed by atoms with van der Waals surface area (Å²) in [6, 6.07) is 30.1. The molecule has 0 radical (unpaired) electrons. The molecule has 0 bridgehead atoms. The zero-order valence-corrected chi connectivity index (χ0v) is 22.8. The van der Waals surface area contributed by atoms with Gasteiger partial charge in [-0.1, -0.05) is 81.4 Å². The van der Waals surface area contributed by atoms with Crippen LogP contribution < -0.4 is 0 Å². The van der Waals surface area contributed by atoms with Gasteiger partial charge >= 0.3 is 6.18 Å². The minimum absolute atomic E-state index is 0.0243. The van der Waals surface area contributed by atoms with Gasteiger partial charge in [0, 0.05) is 27.9 Å². The number of pyridine rings is 1. The highest BCUT2D eigenvalue weighted by atomic mass is 19.4. The van der Waals surface area contributed by atoms with Gasteiger partial charge in [-0.3, -0.25) is 4.98 Å². The van der Waals surface area contributed by atoms with Crippen LogP contribution in [0, 0.1) is 0 Å². The third-order valence-corrected chi connectivity index (χ3v) is 7.87. The first-order chi connectivity index (χ1) is 19.6. The van der Waals surface area contributed by atoms with Crippen LogP contribution in [0.3, 0.4) is 0 Å². The lowest BCUT2D eigenvalue weighted by molar-refractivity contribution is -0.137. The maximum Gasteiger partial charge on any atom is 0.416 e. The van der Waals surface area contributed by atoms with Gasteiger partial charge in [0.2, 0.25) is 0 Å². The Balaban J connectivity index is 1.46. The molecule has 2 aromatic heterocycles. The van der Waals surface area contributed by atoms with Gasteiger partial charge in [-0.15, -0.1) is 0 Å². The zero-order valence-electron chi connectivity index (χ0n) is 22.8. The van der Waals surface area contributed by atoms with Gasteiger partial charge in [-0.2, -0.15) is 13.2 Å². The number of benzene rings is 5. The van der Waals surface area contributed by atoms with Crippen LogP contribution in [0.4, 0.5) is 13.2 Å². The predicted octanol–water partition coefficient (Wildman–Crippen LogP) is 10.9. The summed E-state index contributed by atoms with van der Waals surface area (Å²) < 4.78 is 46.9. The summed E-state index contributed by atoms with van der Waals surface area (Å²) in [5, 5.41) is 4.80. The Kier molecular flexibility index (Phi) is 5.52. The predicted molar refractivity (Wildman–Crippen MR) is 161 cm³/mol. The second-order valence-corrected chi connectivity index (χ2v) is 11.5. The number of hydrogen-bond acceptors (Lipinski definition) is 2. The number of fused-ring (bicyclic) bond motifs is 7. The van der Waals surface area contributed by atoms with Crippen molar-refractivity contribution in [1.29, 1.82) is 0 Å². The molecule has 2 nitrogen and oxygen atoms in total. The number of halogens is 3. The first kappa shape index (κ1) is 25.3. The van der Waals surface area contributed by atoms with Crippen LogP contribution in [0.5, 0.6) is 0 Å². The van der Waals surface area contributed by atoms with Crippen molar-refractivity contribution in [3.63, 3.8) is 0 Å². The molecule has 0 fully saturated rings. The van der Waals surface area contributed by atoms with Crippen LogP contribution in [0.2, 0.25) is 0 Å². The molecule has 0 saturated carbocycles. The average Bonchev–Trinajstić information content (AvgIpc) is 3.35. The molecule has 0 saturated heterocycles. The summed E-state index contributed by atoms with van der Waals surface area (Å²) >= 11 is 0. The number of rotatable bonds is 2. The molecule has 5 heteroatoms. The van der Waals surface area contributed by atoms with E-state index in [1.165, 1.54) is 11.6 Å². The minimum atomic E-state index is -4.40. The van der Waals surface area contributed by atoms with E-state index in [0.29, 0.717) is 16.6 Å². The van der Waals surface area contributed by atoms with Crippen LogP contribution >= 0.6 is 0 Å². The molecule has 2 heterocycles. The largest absolute Gasteiger partial charge is 0.455 e. The molecular weight excluding hydrogens is 519 g/mol. The third-order valence-electron chi connectivity index (χ3n) is 7.87. The van der Waals surface area contributed by atoms with Gasteiger partial charge in [0.25, 0.3) is 0 Å². The Hall–Kier alpha value is -4.64. The number of furan rings is 1. The van der Waals surface area contributed by atoms with Gasteiger partial charge in [0.05, 0.1) is 11.3 Å². The van der Waals surface area contributed by atoms with Crippen LogP contribution in [0.15, 0.2) is 108 Å². The maximum absolute atomic E-state index is 13.4. The van der Waals surface area contributed by atoms with Gasteiger partial charge in [0.1, 0.15) is 11.2 Å². The highest BCUT2D eigenvalue weighted by Crippen LogP contribution is 2.42. The molecular formula is C36H26F3NO. The first-order valence-electron chi connectivity index (χ1n) is 13.5. The SMILES string of the molecule is CC(C)(C)c1ccccc1-c1ccnc(-c2cccc3c2oc2c3ccc3ccc4cc(C(F)(F)F)ccc4c32)c1. The molecule has 0 aliphatic carbocycles. The van der Waals surface area contributed by atoms with E-state index in [-0.39, 0.29) is 5.41 Å². The summed E-state index contributed by atoms with van der Waals surface area (Å²) in [5.41, 5.74) is 5.82. The van der Waals surface area contributed by atoms with E-state index in [1.807, 2.05) is 48.7 Å². The molecule has 0 aliphatic rings. The smallest absolute Gasteiger partial charge is 0.416 e. The molecule has 202 valence electrons. The molecule has 41 heavy (non-hydrogen) atoms. The molecule has 0 amide bonds. The summed E-state index contributed by atoms with van der Waals surface area (Å²) in [6.45, 7) is 6.63. The van der Waals surface area contributed by atoms with E-state index in [4.69, 9.17) is 9.40 Å². The second kappa shape index (κ2) is 8.93. The minimum Gasteiger partial charge on any atom is -0.455 e. The van der Waals surface area contributed by atoms with Crippen molar-refractivity contribution in [2.24, 2.45) is 0 Å². The van der Waals surface area contributed by atoms with Crippen molar-refractivity contribution in [2.75, 3.05) is 0 Å². The van der Waals surface area contributed by atoms with Crippen LogP contribution in [0.1, 0.15) is 31.9 Å². The van der Waals surface area contributed by atoms with Crippen LogP contribution in [-0.2, 0) is 11.6 Å². The van der Waals surface area contributed by atoms with E-state index in [0.717, 1.165) is 55.4 Å². The number of alkyl halides is 3. The second-order valence-electron chi connectivity index (χ2n) is 11.5. The standard InChI is InChI=1S/C36H26F3NO/c1-35(2,3)30-10-5-4-7-25(30)23-17-18-40-31(20-23)29-9-6-8-27-28-15-13-21-11-12-22-19-24(36(37,38)39)14-16-26(22)32(21)34(28)41-33(27)29/h4-20H,1-3H3. The highest BCUT2D eigenvalue weighted by Gasteiger charge is 2.30. The van der Waals surface area contributed by atoms with Crippen molar-refractivity contribution in [2.45, 2.75) is 32.4 Å². The summed E-state index contributed by atoms with van der Waals surface area (Å²) in [7, 11) is 0. The number of nitrogens with zero attached hydrogens (tertiary/aromatic N) is 1. The van der Waals surface area contributed by atoms with E-state index in [1.54, 1.807) is 12.1 Å². The Morgan fingerprint density at radius 2 is 1.34 bits per heavy atom. The van der Waals surface area contributed by atoms with Crippen LogP contribution in [0.25, 0.3) is 65.9 Å². The van der Waals surface area contributed by atoms with Crippen LogP contribution in [-0.4, -0.2) is 4.98 Å². The summed E-state index contributed by atoms with van der Waals surface area (Å²) in [4.78, 5) is 4.73. The zero-order chi connectivity index (χ0) is 28.5. The molecule has 5 aromatic carbocycles. The fourth-order valence-electron chi connectivity index (χ4n) is 5.91. The van der Waals surface area contributed by atoms with E-state index in [2.05, 4.69) is 51.1 Å². The van der Waals surface area contributed by atoms with Crippen molar-refractivity contribution in [1.82, 2.24) is 4.98 Å². The number of hydrogen-bond donors (Lipinski definition) is 0. The molecule has 0 atom stereocenters. The molecule has 7 aromatic rings. The molecule has 0 spiro atoms. The van der Waals surface area contributed by atoms with Gasteiger partial charge < -0.3 is 4.42 Å². The lowest BCUT2D eigenvalue weighted by atomic mass is 9.82. The Morgan fingerprint density at radius 1 is 0.634 bits per heavy atom. The fourth-order valence-corrected chi connectivity index (χ4v) is 5.91. The third kappa shape index (κ3) is 4.15. The molecule has 0 unspecified atom stereocenters. The number of aromatic nitrogens is 1. The van der Waals surface area contributed by atoms with E-state index in [9.17, 15) is 13.2 Å². The average molecular weight is 546 g/mol. The lowest BCUT2D eigenvalue weighted by Gasteiger charge is -2.23. The molecule has 0 aliphatic heterocycles. The van der Waals surface area contributed by atoms with Gasteiger partial charge in [-0.05, 0) is 74.7 Å². The highest BCUT2D eigenvalue weighted by molar-refractivity contribution is 6.24. The van der Waals surface area contributed by atoms with Gasteiger partial charge in [0.15, 0.2) is 0 Å². The summed E-state index contributed by atoms with van der Waals surface area (Å²) in [5.74, 6) is 0. The van der Waals surface area contributed by atoms with Crippen molar-refractivity contribution < 1.29 is 17.6 Å². The molecule has 0 N–H and O–H groups in total. The quantitative estimate of drug-likeness (QED) is 0.202. The van der Waals surface area contributed by atoms with Crippen molar-refractivity contribution in [3.05, 3.63) is 114 Å². The summed E-state index contributed by atoms with van der Waals surface area (Å²) in [6.07, 6.45) is -2.58. The maximum atomic E-state index is 13.4. The normalized spacial score (nSPS) is 12.6. The Bertz CT molecular complexity index is 2130.